The molecule has 3 aromatic carbocycles. The molecule has 1 heterocycles. The number of aliphatic hydroxyl groups excluding tert-OH is 1. The van der Waals surface area contributed by atoms with Gasteiger partial charge < -0.3 is 10.1 Å². The molecule has 0 atom stereocenters. The lowest BCUT2D eigenvalue weighted by molar-refractivity contribution is 0.0904. The molecular weight excluding hydrogens is 402 g/mol. The van der Waals surface area contributed by atoms with Crippen molar-refractivity contribution in [1.82, 2.24) is 9.97 Å². The molecule has 0 radical (unpaired) electrons. The van der Waals surface area contributed by atoms with E-state index in [2.05, 4.69) is 14.7 Å². The molecule has 0 aliphatic carbocycles. The molecule has 7 nitrogen and oxygen atoms in total. The molecule has 4 rings (SSSR count). The summed E-state index contributed by atoms with van der Waals surface area (Å²) in [5.74, 6) is 0.341. The van der Waals surface area contributed by atoms with Gasteiger partial charge in [-0.2, -0.15) is 0 Å². The van der Waals surface area contributed by atoms with E-state index in [0.29, 0.717) is 17.1 Å². The highest BCUT2D eigenvalue weighted by atomic mass is 32.2. The average Bonchev–Trinajstić information content (AvgIpc) is 3.16. The number of H-pyrrole nitrogens is 1. The number of imidazole rings is 1. The number of anilines is 1. The molecule has 0 saturated carbocycles. The van der Waals surface area contributed by atoms with Gasteiger partial charge in [0.1, 0.15) is 12.4 Å². The number of rotatable bonds is 6. The molecule has 30 heavy (non-hydrogen) atoms. The number of carbonyl (C=O) groups is 1. The Morgan fingerprint density at radius 3 is 2.17 bits per heavy atom. The van der Waals surface area contributed by atoms with Crippen LogP contribution in [0.5, 0.6) is 0 Å². The van der Waals surface area contributed by atoms with E-state index in [0.717, 1.165) is 34.0 Å². The van der Waals surface area contributed by atoms with Crippen molar-refractivity contribution in [3.05, 3.63) is 72.3 Å². The van der Waals surface area contributed by atoms with E-state index in [-0.39, 0.29) is 5.78 Å². The second-order valence-corrected chi connectivity index (χ2v) is 8.68. The summed E-state index contributed by atoms with van der Waals surface area (Å²) in [6.45, 7) is -0.529. The number of aromatic amines is 1. The molecule has 8 heteroatoms. The third-order valence-electron chi connectivity index (χ3n) is 4.63. The molecule has 3 N–H and O–H groups in total. The number of hydrogen-bond acceptors (Lipinski definition) is 5. The minimum absolute atomic E-state index is 0.338. The van der Waals surface area contributed by atoms with Crippen molar-refractivity contribution in [1.29, 1.82) is 0 Å². The fraction of sp³-hybridized carbons (Fsp3) is 0.0909. The van der Waals surface area contributed by atoms with Crippen molar-refractivity contribution < 1.29 is 18.3 Å². The predicted octanol–water partition coefficient (Wildman–Crippen LogP) is 3.44. The molecule has 4 aromatic rings. The van der Waals surface area contributed by atoms with E-state index in [1.807, 2.05) is 36.4 Å². The van der Waals surface area contributed by atoms with Crippen molar-refractivity contribution in [3.8, 4) is 22.5 Å². The number of aromatic nitrogens is 2. The zero-order chi connectivity index (χ0) is 21.3. The van der Waals surface area contributed by atoms with Crippen LogP contribution in [-0.2, 0) is 10.0 Å². The Kier molecular flexibility index (Phi) is 5.11. The van der Waals surface area contributed by atoms with E-state index >= 15 is 0 Å². The molecule has 0 aliphatic heterocycles. The van der Waals surface area contributed by atoms with Crippen LogP contribution >= 0.6 is 0 Å². The molecule has 1 aromatic heterocycles. The highest BCUT2D eigenvalue weighted by Crippen LogP contribution is 2.26. The van der Waals surface area contributed by atoms with Crippen LogP contribution < -0.4 is 4.72 Å². The zero-order valence-electron chi connectivity index (χ0n) is 16.1. The fourth-order valence-electron chi connectivity index (χ4n) is 3.18. The van der Waals surface area contributed by atoms with Gasteiger partial charge >= 0.3 is 0 Å². The molecule has 152 valence electrons. The average molecular weight is 421 g/mol. The maximum Gasteiger partial charge on any atom is 0.229 e. The first-order valence-electron chi connectivity index (χ1n) is 9.15. The molecule has 0 fully saturated rings. The van der Waals surface area contributed by atoms with Crippen LogP contribution in [-0.4, -0.2) is 42.1 Å². The molecule has 0 bridgehead atoms. The monoisotopic (exact) mass is 421 g/mol. The smallest absolute Gasteiger partial charge is 0.229 e. The number of benzene rings is 3. The van der Waals surface area contributed by atoms with Gasteiger partial charge in [-0.1, -0.05) is 36.4 Å². The van der Waals surface area contributed by atoms with Crippen molar-refractivity contribution >= 4 is 32.5 Å². The first kappa shape index (κ1) is 19.8. The topological polar surface area (TPSA) is 112 Å². The van der Waals surface area contributed by atoms with E-state index in [4.69, 9.17) is 5.11 Å². The molecule has 0 saturated heterocycles. The van der Waals surface area contributed by atoms with Crippen LogP contribution in [0.15, 0.2) is 66.7 Å². The SMILES string of the molecule is CS(=O)(=O)Nc1ccc(-c2ccc(-c3nc4ccc(C(=O)CO)cc4[nH]3)cc2)cc1. The number of nitrogens with one attached hydrogen (secondary N) is 2. The third kappa shape index (κ3) is 4.24. The number of ketones is 1. The first-order chi connectivity index (χ1) is 14.3. The van der Waals surface area contributed by atoms with E-state index in [1.165, 1.54) is 0 Å². The first-order valence-corrected chi connectivity index (χ1v) is 11.0. The van der Waals surface area contributed by atoms with Gasteiger partial charge in [0.05, 0.1) is 17.3 Å². The zero-order valence-corrected chi connectivity index (χ0v) is 16.9. The normalized spacial score (nSPS) is 11.5. The fourth-order valence-corrected chi connectivity index (χ4v) is 3.74. The number of aliphatic hydroxyl groups is 1. The van der Waals surface area contributed by atoms with Gasteiger partial charge in [0.25, 0.3) is 0 Å². The lowest BCUT2D eigenvalue weighted by atomic mass is 10.0. The Morgan fingerprint density at radius 1 is 0.967 bits per heavy atom. The number of Topliss-reactive ketones (excluding diaryl/α,β-unsaturated/α-hetero) is 1. The summed E-state index contributed by atoms with van der Waals surface area (Å²) in [6.07, 6.45) is 1.11. The van der Waals surface area contributed by atoms with Crippen molar-refractivity contribution in [2.45, 2.75) is 0 Å². The Hall–Kier alpha value is -3.49. The molecule has 0 unspecified atom stereocenters. The summed E-state index contributed by atoms with van der Waals surface area (Å²) < 4.78 is 25.1. The summed E-state index contributed by atoms with van der Waals surface area (Å²) in [4.78, 5) is 19.4. The van der Waals surface area contributed by atoms with Gasteiger partial charge in [-0.15, -0.1) is 0 Å². The van der Waals surface area contributed by atoms with Gasteiger partial charge in [-0.25, -0.2) is 13.4 Å². The third-order valence-corrected chi connectivity index (χ3v) is 5.23. The van der Waals surface area contributed by atoms with Crippen molar-refractivity contribution in [2.75, 3.05) is 17.6 Å². The lowest BCUT2D eigenvalue weighted by Gasteiger charge is -2.06. The van der Waals surface area contributed by atoms with Gasteiger partial charge in [-0.05, 0) is 41.5 Å². The molecule has 0 spiro atoms. The summed E-state index contributed by atoms with van der Waals surface area (Å²) in [5, 5.41) is 9.02. The summed E-state index contributed by atoms with van der Waals surface area (Å²) >= 11 is 0. The number of sulfonamides is 1. The standard InChI is InChI=1S/C22H19N3O4S/c1-30(28,29)25-18-9-6-15(7-10-18)14-2-4-16(5-3-14)22-23-19-11-8-17(21(27)13-26)12-20(19)24-22/h2-12,25-26H,13H2,1H3,(H,23,24). The Balaban J connectivity index is 1.58. The van der Waals surface area contributed by atoms with Crippen LogP contribution in [0.4, 0.5) is 5.69 Å². The summed E-state index contributed by atoms with van der Waals surface area (Å²) in [7, 11) is -3.30. The largest absolute Gasteiger partial charge is 0.388 e. The maximum absolute atomic E-state index is 11.7. The number of carbonyl (C=O) groups excluding carboxylic acids is 1. The van der Waals surface area contributed by atoms with E-state index in [1.54, 1.807) is 30.3 Å². The van der Waals surface area contributed by atoms with E-state index < -0.39 is 16.6 Å². The Bertz CT molecular complexity index is 1330. The number of hydrogen-bond donors (Lipinski definition) is 3. The molecular formula is C22H19N3O4S. The van der Waals surface area contributed by atoms with Crippen LogP contribution in [0, 0.1) is 0 Å². The predicted molar refractivity (Wildman–Crippen MR) is 117 cm³/mol. The number of nitrogens with zero attached hydrogens (tertiary/aromatic N) is 1. The van der Waals surface area contributed by atoms with E-state index in [9.17, 15) is 13.2 Å². The van der Waals surface area contributed by atoms with Crippen LogP contribution in [0.3, 0.4) is 0 Å². The minimum Gasteiger partial charge on any atom is -0.388 e. The van der Waals surface area contributed by atoms with Gasteiger partial charge in [-0.3, -0.25) is 9.52 Å². The summed E-state index contributed by atoms with van der Waals surface area (Å²) in [5.41, 5.74) is 5.23. The quantitative estimate of drug-likeness (QED) is 0.413. The van der Waals surface area contributed by atoms with Crippen LogP contribution in [0.1, 0.15) is 10.4 Å². The highest BCUT2D eigenvalue weighted by Gasteiger charge is 2.10. The molecule has 0 amide bonds. The van der Waals surface area contributed by atoms with Gasteiger partial charge in [0.15, 0.2) is 5.78 Å². The lowest BCUT2D eigenvalue weighted by Crippen LogP contribution is -2.09. The Morgan fingerprint density at radius 2 is 1.57 bits per heavy atom. The highest BCUT2D eigenvalue weighted by molar-refractivity contribution is 7.92. The van der Waals surface area contributed by atoms with Gasteiger partial charge in [0, 0.05) is 16.8 Å². The van der Waals surface area contributed by atoms with Gasteiger partial charge in [0.2, 0.25) is 10.0 Å². The second-order valence-electron chi connectivity index (χ2n) is 6.93. The number of fused-ring (bicyclic) bond motifs is 1. The van der Waals surface area contributed by atoms with Crippen LogP contribution in [0.25, 0.3) is 33.5 Å². The van der Waals surface area contributed by atoms with Crippen molar-refractivity contribution in [3.63, 3.8) is 0 Å². The van der Waals surface area contributed by atoms with Crippen molar-refractivity contribution in [2.24, 2.45) is 0 Å². The Labute approximate surface area is 173 Å². The maximum atomic E-state index is 11.7. The van der Waals surface area contributed by atoms with Crippen LogP contribution in [0.2, 0.25) is 0 Å². The minimum atomic E-state index is -3.30. The summed E-state index contributed by atoms with van der Waals surface area (Å²) in [6, 6.07) is 20.0. The second kappa shape index (κ2) is 7.74. The molecule has 0 aliphatic rings.